The summed E-state index contributed by atoms with van der Waals surface area (Å²) in [6.45, 7) is -2.92. The Morgan fingerprint density at radius 3 is 2.50 bits per heavy atom. The molecule has 0 spiro atoms. The van der Waals surface area contributed by atoms with Crippen LogP contribution in [0.1, 0.15) is 12.8 Å². The topological polar surface area (TPSA) is 55.4 Å². The van der Waals surface area contributed by atoms with Crippen LogP contribution in [-0.2, 0) is 9.84 Å². The molecule has 0 unspecified atom stereocenters. The van der Waals surface area contributed by atoms with Crippen LogP contribution >= 0.6 is 11.6 Å². The largest absolute Gasteiger partial charge is 0.433 e. The Bertz CT molecular complexity index is 566. The standard InChI is InChI=1S/C12H14ClF2NO3S/c13-10-7-9(1-2-11(10)19-12(14)15)16-8-3-5-20(17,18)6-4-8/h1-2,7-8,12,16H,3-6H2. The van der Waals surface area contributed by atoms with Gasteiger partial charge >= 0.3 is 6.61 Å². The van der Waals surface area contributed by atoms with E-state index in [0.29, 0.717) is 18.5 Å². The fourth-order valence-electron chi connectivity index (χ4n) is 2.05. The fraction of sp³-hybridized carbons (Fsp3) is 0.500. The molecule has 0 bridgehead atoms. The second-order valence-electron chi connectivity index (χ2n) is 4.59. The third kappa shape index (κ3) is 4.21. The number of hydrogen-bond acceptors (Lipinski definition) is 4. The van der Waals surface area contributed by atoms with Crippen LogP contribution in [0.15, 0.2) is 18.2 Å². The van der Waals surface area contributed by atoms with Gasteiger partial charge in [-0.15, -0.1) is 0 Å². The van der Waals surface area contributed by atoms with Crippen molar-refractivity contribution >= 4 is 27.1 Å². The van der Waals surface area contributed by atoms with E-state index in [1.807, 2.05) is 0 Å². The van der Waals surface area contributed by atoms with Gasteiger partial charge in [0.05, 0.1) is 16.5 Å². The van der Waals surface area contributed by atoms with Crippen LogP contribution in [-0.4, -0.2) is 32.6 Å². The monoisotopic (exact) mass is 325 g/mol. The van der Waals surface area contributed by atoms with Gasteiger partial charge in [0.15, 0.2) is 0 Å². The Labute approximate surface area is 121 Å². The minimum atomic E-state index is -2.92. The molecular formula is C12H14ClF2NO3S. The van der Waals surface area contributed by atoms with Crippen LogP contribution in [0.4, 0.5) is 14.5 Å². The molecule has 1 fully saturated rings. The average molecular weight is 326 g/mol. The Morgan fingerprint density at radius 2 is 1.95 bits per heavy atom. The lowest BCUT2D eigenvalue weighted by molar-refractivity contribution is -0.0497. The highest BCUT2D eigenvalue weighted by Gasteiger charge is 2.23. The van der Waals surface area contributed by atoms with Crippen LogP contribution in [0.5, 0.6) is 5.75 Å². The molecule has 1 aromatic rings. The molecule has 0 atom stereocenters. The number of anilines is 1. The van der Waals surface area contributed by atoms with E-state index in [4.69, 9.17) is 11.6 Å². The van der Waals surface area contributed by atoms with Gasteiger partial charge in [-0.3, -0.25) is 0 Å². The number of alkyl halides is 2. The van der Waals surface area contributed by atoms with Gasteiger partial charge in [0, 0.05) is 11.7 Å². The zero-order valence-corrected chi connectivity index (χ0v) is 12.1. The minimum Gasteiger partial charge on any atom is -0.433 e. The first-order valence-corrected chi connectivity index (χ1v) is 8.27. The van der Waals surface area contributed by atoms with Gasteiger partial charge in [0.25, 0.3) is 0 Å². The lowest BCUT2D eigenvalue weighted by Gasteiger charge is -2.24. The molecule has 2 rings (SSSR count). The predicted molar refractivity (Wildman–Crippen MR) is 73.4 cm³/mol. The normalized spacial score (nSPS) is 19.0. The number of hydrogen-bond donors (Lipinski definition) is 1. The molecule has 4 nitrogen and oxygen atoms in total. The fourth-order valence-corrected chi connectivity index (χ4v) is 3.77. The second kappa shape index (κ2) is 6.13. The number of ether oxygens (including phenoxy) is 1. The summed E-state index contributed by atoms with van der Waals surface area (Å²) in [6, 6.07) is 4.46. The minimum absolute atomic E-state index is 0.0384. The van der Waals surface area contributed by atoms with E-state index in [9.17, 15) is 17.2 Å². The van der Waals surface area contributed by atoms with E-state index in [1.54, 1.807) is 6.07 Å². The van der Waals surface area contributed by atoms with Gasteiger partial charge < -0.3 is 10.1 Å². The number of sulfone groups is 1. The van der Waals surface area contributed by atoms with Crippen molar-refractivity contribution in [3.05, 3.63) is 23.2 Å². The summed E-state index contributed by atoms with van der Waals surface area (Å²) in [5, 5.41) is 3.23. The molecule has 0 saturated carbocycles. The average Bonchev–Trinajstić information content (AvgIpc) is 2.35. The number of benzene rings is 1. The molecule has 0 aliphatic carbocycles. The van der Waals surface area contributed by atoms with Crippen LogP contribution in [0.2, 0.25) is 5.02 Å². The Hall–Kier alpha value is -1.08. The summed E-state index contributed by atoms with van der Waals surface area (Å²) in [7, 11) is -2.91. The van der Waals surface area contributed by atoms with Crippen molar-refractivity contribution in [2.24, 2.45) is 0 Å². The van der Waals surface area contributed by atoms with Crippen molar-refractivity contribution in [1.29, 1.82) is 0 Å². The second-order valence-corrected chi connectivity index (χ2v) is 7.30. The molecule has 112 valence electrons. The maximum atomic E-state index is 12.1. The maximum Gasteiger partial charge on any atom is 0.387 e. The number of halogens is 3. The van der Waals surface area contributed by atoms with E-state index in [-0.39, 0.29) is 28.3 Å². The van der Waals surface area contributed by atoms with E-state index in [0.717, 1.165) is 0 Å². The van der Waals surface area contributed by atoms with E-state index >= 15 is 0 Å². The molecule has 8 heteroatoms. The molecular weight excluding hydrogens is 312 g/mol. The van der Waals surface area contributed by atoms with Crippen LogP contribution < -0.4 is 10.1 Å². The molecule has 20 heavy (non-hydrogen) atoms. The zero-order valence-electron chi connectivity index (χ0n) is 10.5. The lowest BCUT2D eigenvalue weighted by atomic mass is 10.1. The van der Waals surface area contributed by atoms with E-state index in [2.05, 4.69) is 10.1 Å². The first-order valence-electron chi connectivity index (χ1n) is 6.07. The van der Waals surface area contributed by atoms with Crippen molar-refractivity contribution in [2.45, 2.75) is 25.5 Å². The highest BCUT2D eigenvalue weighted by molar-refractivity contribution is 7.91. The van der Waals surface area contributed by atoms with E-state index in [1.165, 1.54) is 12.1 Å². The molecule has 1 aliphatic rings. The van der Waals surface area contributed by atoms with E-state index < -0.39 is 16.4 Å². The highest BCUT2D eigenvalue weighted by Crippen LogP contribution is 2.30. The summed E-state index contributed by atoms with van der Waals surface area (Å²) in [6.07, 6.45) is 1.05. The lowest BCUT2D eigenvalue weighted by Crippen LogP contribution is -2.32. The molecule has 1 saturated heterocycles. The summed E-state index contributed by atoms with van der Waals surface area (Å²) in [5.74, 6) is 0.231. The van der Waals surface area contributed by atoms with Gasteiger partial charge in [-0.05, 0) is 31.0 Å². The molecule has 0 radical (unpaired) electrons. The first-order chi connectivity index (χ1) is 9.35. The number of rotatable bonds is 4. The van der Waals surface area contributed by atoms with Crippen molar-refractivity contribution < 1.29 is 21.9 Å². The highest BCUT2D eigenvalue weighted by atomic mass is 35.5. The van der Waals surface area contributed by atoms with Crippen LogP contribution in [0.3, 0.4) is 0 Å². The van der Waals surface area contributed by atoms with Gasteiger partial charge in [0.2, 0.25) is 0 Å². The number of nitrogens with one attached hydrogen (secondary N) is 1. The zero-order chi connectivity index (χ0) is 14.8. The summed E-state index contributed by atoms with van der Waals surface area (Å²) in [5.41, 5.74) is 0.654. The molecule has 0 aromatic heterocycles. The predicted octanol–water partition coefficient (Wildman–Crippen LogP) is 2.93. The Morgan fingerprint density at radius 1 is 1.30 bits per heavy atom. The van der Waals surface area contributed by atoms with Gasteiger partial charge in [0.1, 0.15) is 15.6 Å². The van der Waals surface area contributed by atoms with Crippen molar-refractivity contribution in [2.75, 3.05) is 16.8 Å². The summed E-state index contributed by atoms with van der Waals surface area (Å²) in [4.78, 5) is 0. The van der Waals surface area contributed by atoms with Gasteiger partial charge in [-0.1, -0.05) is 11.6 Å². The third-order valence-electron chi connectivity index (χ3n) is 3.07. The maximum absolute atomic E-state index is 12.1. The van der Waals surface area contributed by atoms with Crippen LogP contribution in [0, 0.1) is 0 Å². The summed E-state index contributed by atoms with van der Waals surface area (Å²) >= 11 is 5.84. The molecule has 1 heterocycles. The van der Waals surface area contributed by atoms with Gasteiger partial charge in [-0.25, -0.2) is 8.42 Å². The summed E-state index contributed by atoms with van der Waals surface area (Å²) < 4.78 is 51.1. The Balaban J connectivity index is 1.99. The van der Waals surface area contributed by atoms with Crippen molar-refractivity contribution in [1.82, 2.24) is 0 Å². The molecule has 0 amide bonds. The smallest absolute Gasteiger partial charge is 0.387 e. The molecule has 1 N–H and O–H groups in total. The van der Waals surface area contributed by atoms with Crippen molar-refractivity contribution in [3.8, 4) is 5.75 Å². The quantitative estimate of drug-likeness (QED) is 0.924. The first kappa shape index (κ1) is 15.3. The SMILES string of the molecule is O=S1(=O)CCC(Nc2ccc(OC(F)F)c(Cl)c2)CC1. The van der Waals surface area contributed by atoms with Crippen molar-refractivity contribution in [3.63, 3.8) is 0 Å². The Kier molecular flexibility index (Phi) is 4.70. The van der Waals surface area contributed by atoms with Crippen LogP contribution in [0.25, 0.3) is 0 Å². The molecule has 1 aromatic carbocycles. The van der Waals surface area contributed by atoms with Gasteiger partial charge in [-0.2, -0.15) is 8.78 Å². The third-order valence-corrected chi connectivity index (χ3v) is 5.08. The molecule has 1 aliphatic heterocycles.